The van der Waals surface area contributed by atoms with Crippen molar-refractivity contribution in [1.82, 2.24) is 0 Å². The largest absolute Gasteiger partial charge is 0.461 e. The molecule has 1 aromatic rings. The van der Waals surface area contributed by atoms with E-state index in [4.69, 9.17) is 4.74 Å². The first-order valence-electron chi connectivity index (χ1n) is 5.64. The number of rotatable bonds is 3. The highest BCUT2D eigenvalue weighted by molar-refractivity contribution is 5.72. The van der Waals surface area contributed by atoms with Crippen LogP contribution in [0.2, 0.25) is 0 Å². The Kier molecular flexibility index (Phi) is 3.57. The summed E-state index contributed by atoms with van der Waals surface area (Å²) in [5.74, 6) is -0.292. The van der Waals surface area contributed by atoms with Crippen LogP contribution in [0.1, 0.15) is 24.8 Å². The topological polar surface area (TPSA) is 46.5 Å². The summed E-state index contributed by atoms with van der Waals surface area (Å²) in [6.45, 7) is 0.326. The van der Waals surface area contributed by atoms with Crippen LogP contribution in [0.4, 0.5) is 0 Å². The number of carbonyl (C=O) groups is 1. The Bertz CT molecular complexity index is 347. The summed E-state index contributed by atoms with van der Waals surface area (Å²) in [5.41, 5.74) is 0.995. The Hall–Kier alpha value is -1.35. The van der Waals surface area contributed by atoms with Gasteiger partial charge in [-0.05, 0) is 24.8 Å². The van der Waals surface area contributed by atoms with E-state index < -0.39 is 0 Å². The van der Waals surface area contributed by atoms with E-state index in [1.807, 2.05) is 30.3 Å². The van der Waals surface area contributed by atoms with Gasteiger partial charge >= 0.3 is 5.97 Å². The fourth-order valence-electron chi connectivity index (χ4n) is 2.02. The molecule has 0 spiro atoms. The van der Waals surface area contributed by atoms with Crippen LogP contribution >= 0.6 is 0 Å². The van der Waals surface area contributed by atoms with Gasteiger partial charge in [-0.25, -0.2) is 0 Å². The number of benzene rings is 1. The summed E-state index contributed by atoms with van der Waals surface area (Å²) in [7, 11) is 0. The SMILES string of the molecule is O=C(OCc1ccccc1)[C@H]1CCC(O)C1. The van der Waals surface area contributed by atoms with E-state index in [-0.39, 0.29) is 18.0 Å². The molecular weight excluding hydrogens is 204 g/mol. The van der Waals surface area contributed by atoms with Gasteiger partial charge in [0.25, 0.3) is 0 Å². The number of aliphatic hydroxyl groups is 1. The Morgan fingerprint density at radius 1 is 1.31 bits per heavy atom. The zero-order valence-electron chi connectivity index (χ0n) is 9.13. The second-order valence-corrected chi connectivity index (χ2v) is 4.26. The van der Waals surface area contributed by atoms with Crippen molar-refractivity contribution >= 4 is 5.97 Å². The number of hydrogen-bond acceptors (Lipinski definition) is 3. The van der Waals surface area contributed by atoms with Gasteiger partial charge in [0.2, 0.25) is 0 Å². The summed E-state index contributed by atoms with van der Waals surface area (Å²) >= 11 is 0. The normalized spacial score (nSPS) is 24.3. The molecule has 16 heavy (non-hydrogen) atoms. The first-order valence-corrected chi connectivity index (χ1v) is 5.64. The van der Waals surface area contributed by atoms with Gasteiger partial charge in [-0.2, -0.15) is 0 Å². The molecule has 2 rings (SSSR count). The van der Waals surface area contributed by atoms with Gasteiger partial charge < -0.3 is 9.84 Å². The van der Waals surface area contributed by atoms with E-state index in [9.17, 15) is 9.90 Å². The summed E-state index contributed by atoms with van der Waals surface area (Å²) in [4.78, 5) is 11.6. The molecule has 1 aromatic carbocycles. The van der Waals surface area contributed by atoms with Gasteiger partial charge in [-0.1, -0.05) is 30.3 Å². The Balaban J connectivity index is 1.80. The van der Waals surface area contributed by atoms with Crippen molar-refractivity contribution in [3.8, 4) is 0 Å². The van der Waals surface area contributed by atoms with Crippen molar-refractivity contribution in [2.75, 3.05) is 0 Å². The molecule has 0 heterocycles. The molecule has 3 heteroatoms. The standard InChI is InChI=1S/C13H16O3/c14-12-7-6-11(8-12)13(15)16-9-10-4-2-1-3-5-10/h1-5,11-12,14H,6-9H2/t11-,12?/m0/s1. The maximum absolute atomic E-state index is 11.6. The van der Waals surface area contributed by atoms with Crippen LogP contribution in [0.25, 0.3) is 0 Å². The Morgan fingerprint density at radius 3 is 2.69 bits per heavy atom. The van der Waals surface area contributed by atoms with Gasteiger partial charge in [0, 0.05) is 0 Å². The molecule has 0 bridgehead atoms. The van der Waals surface area contributed by atoms with E-state index in [1.54, 1.807) is 0 Å². The molecule has 1 saturated carbocycles. The Morgan fingerprint density at radius 2 is 2.06 bits per heavy atom. The van der Waals surface area contributed by atoms with Crippen molar-refractivity contribution in [2.45, 2.75) is 32.0 Å². The highest BCUT2D eigenvalue weighted by atomic mass is 16.5. The molecule has 86 valence electrons. The summed E-state index contributed by atoms with van der Waals surface area (Å²) in [5, 5.41) is 9.33. The van der Waals surface area contributed by atoms with Crippen LogP contribution in [0.3, 0.4) is 0 Å². The molecule has 0 aromatic heterocycles. The second kappa shape index (κ2) is 5.12. The zero-order chi connectivity index (χ0) is 11.4. The highest BCUT2D eigenvalue weighted by Gasteiger charge is 2.29. The number of esters is 1. The third-order valence-electron chi connectivity index (χ3n) is 2.96. The predicted molar refractivity (Wildman–Crippen MR) is 59.6 cm³/mol. The number of ether oxygens (including phenoxy) is 1. The molecular formula is C13H16O3. The fraction of sp³-hybridized carbons (Fsp3) is 0.462. The lowest BCUT2D eigenvalue weighted by atomic mass is 10.1. The monoisotopic (exact) mass is 220 g/mol. The quantitative estimate of drug-likeness (QED) is 0.791. The highest BCUT2D eigenvalue weighted by Crippen LogP contribution is 2.26. The maximum Gasteiger partial charge on any atom is 0.309 e. The van der Waals surface area contributed by atoms with Crippen LogP contribution in [0.5, 0.6) is 0 Å². The summed E-state index contributed by atoms with van der Waals surface area (Å²) < 4.78 is 5.21. The van der Waals surface area contributed by atoms with Crippen molar-refractivity contribution in [3.05, 3.63) is 35.9 Å². The molecule has 2 atom stereocenters. The smallest absolute Gasteiger partial charge is 0.309 e. The van der Waals surface area contributed by atoms with E-state index in [2.05, 4.69) is 0 Å². The number of hydrogen-bond donors (Lipinski definition) is 1. The average Bonchev–Trinajstić information content (AvgIpc) is 2.74. The minimum absolute atomic E-state index is 0.112. The van der Waals surface area contributed by atoms with Crippen molar-refractivity contribution in [3.63, 3.8) is 0 Å². The van der Waals surface area contributed by atoms with Crippen molar-refractivity contribution in [1.29, 1.82) is 0 Å². The average molecular weight is 220 g/mol. The molecule has 1 N–H and O–H groups in total. The van der Waals surface area contributed by atoms with Crippen LogP contribution in [-0.4, -0.2) is 17.2 Å². The molecule has 0 radical (unpaired) electrons. The second-order valence-electron chi connectivity index (χ2n) is 4.26. The molecule has 0 aliphatic heterocycles. The number of aliphatic hydroxyl groups excluding tert-OH is 1. The van der Waals surface area contributed by atoms with Gasteiger partial charge in [-0.15, -0.1) is 0 Å². The molecule has 1 fully saturated rings. The lowest BCUT2D eigenvalue weighted by Gasteiger charge is -2.09. The van der Waals surface area contributed by atoms with Gasteiger partial charge in [0.1, 0.15) is 6.61 Å². The lowest BCUT2D eigenvalue weighted by Crippen LogP contribution is -2.15. The van der Waals surface area contributed by atoms with Crippen LogP contribution < -0.4 is 0 Å². The molecule has 3 nitrogen and oxygen atoms in total. The zero-order valence-corrected chi connectivity index (χ0v) is 9.13. The van der Waals surface area contributed by atoms with Gasteiger partial charge in [0.05, 0.1) is 12.0 Å². The van der Waals surface area contributed by atoms with Crippen LogP contribution in [-0.2, 0) is 16.1 Å². The van der Waals surface area contributed by atoms with E-state index in [0.717, 1.165) is 12.0 Å². The summed E-state index contributed by atoms with van der Waals surface area (Å²) in [6.07, 6.45) is 1.68. The molecule has 1 aliphatic carbocycles. The number of carbonyl (C=O) groups excluding carboxylic acids is 1. The first kappa shape index (κ1) is 11.1. The molecule has 0 saturated heterocycles. The van der Waals surface area contributed by atoms with Crippen LogP contribution in [0.15, 0.2) is 30.3 Å². The van der Waals surface area contributed by atoms with Crippen LogP contribution in [0, 0.1) is 5.92 Å². The molecule has 1 aliphatic rings. The fourth-order valence-corrected chi connectivity index (χ4v) is 2.02. The van der Waals surface area contributed by atoms with Gasteiger partial charge in [-0.3, -0.25) is 4.79 Å². The van der Waals surface area contributed by atoms with Crippen molar-refractivity contribution in [2.24, 2.45) is 5.92 Å². The van der Waals surface area contributed by atoms with E-state index in [0.29, 0.717) is 19.4 Å². The minimum atomic E-state index is -0.325. The maximum atomic E-state index is 11.6. The Labute approximate surface area is 95.0 Å². The molecule has 1 unspecified atom stereocenters. The van der Waals surface area contributed by atoms with E-state index >= 15 is 0 Å². The summed E-state index contributed by atoms with van der Waals surface area (Å²) in [6, 6.07) is 9.62. The van der Waals surface area contributed by atoms with Gasteiger partial charge in [0.15, 0.2) is 0 Å². The third-order valence-corrected chi connectivity index (χ3v) is 2.96. The van der Waals surface area contributed by atoms with E-state index in [1.165, 1.54) is 0 Å². The first-order chi connectivity index (χ1) is 7.75. The predicted octanol–water partition coefficient (Wildman–Crippen LogP) is 1.89. The minimum Gasteiger partial charge on any atom is -0.461 e. The third kappa shape index (κ3) is 2.83. The lowest BCUT2D eigenvalue weighted by molar-refractivity contribution is -0.149. The van der Waals surface area contributed by atoms with Crippen molar-refractivity contribution < 1.29 is 14.6 Å². The molecule has 0 amide bonds.